The minimum Gasteiger partial charge on any atom is -0.483 e. The van der Waals surface area contributed by atoms with Crippen LogP contribution in [0.15, 0.2) is 72.8 Å². The molecule has 3 nitrogen and oxygen atoms in total. The van der Waals surface area contributed by atoms with Gasteiger partial charge in [-0.2, -0.15) is 0 Å². The molecule has 4 rings (SSSR count). The van der Waals surface area contributed by atoms with E-state index >= 15 is 0 Å². The third-order valence-corrected chi connectivity index (χ3v) is 5.19. The molecular formula is C22H18Cl2N2O. The fraction of sp³-hybridized carbons (Fsp3) is 0.136. The average molecular weight is 397 g/mol. The zero-order valence-corrected chi connectivity index (χ0v) is 16.3. The maximum atomic E-state index is 6.41. The second-order valence-electron chi connectivity index (χ2n) is 6.32. The van der Waals surface area contributed by atoms with E-state index in [1.54, 1.807) is 0 Å². The number of aromatic nitrogens is 2. The lowest BCUT2D eigenvalue weighted by Crippen LogP contribution is -2.13. The van der Waals surface area contributed by atoms with Crippen LogP contribution in [0.1, 0.15) is 24.4 Å². The molecule has 0 aliphatic rings. The van der Waals surface area contributed by atoms with E-state index in [1.165, 1.54) is 0 Å². The molecule has 0 radical (unpaired) electrons. The molecule has 5 heteroatoms. The van der Waals surface area contributed by atoms with E-state index in [9.17, 15) is 0 Å². The summed E-state index contributed by atoms with van der Waals surface area (Å²) in [4.78, 5) is 4.82. The van der Waals surface area contributed by atoms with Gasteiger partial charge in [0.2, 0.25) is 0 Å². The highest BCUT2D eigenvalue weighted by atomic mass is 35.5. The van der Waals surface area contributed by atoms with Gasteiger partial charge in [0, 0.05) is 15.6 Å². The van der Waals surface area contributed by atoms with Crippen molar-refractivity contribution in [1.82, 2.24) is 9.55 Å². The second-order valence-corrected chi connectivity index (χ2v) is 7.13. The van der Waals surface area contributed by atoms with Crippen LogP contribution in [0.5, 0.6) is 5.75 Å². The minimum absolute atomic E-state index is 0.235. The zero-order chi connectivity index (χ0) is 18.8. The average Bonchev–Trinajstić information content (AvgIpc) is 3.04. The summed E-state index contributed by atoms with van der Waals surface area (Å²) >= 11 is 12.8. The van der Waals surface area contributed by atoms with Crippen molar-refractivity contribution in [2.75, 3.05) is 0 Å². The predicted octanol–water partition coefficient (Wildman–Crippen LogP) is 6.53. The van der Waals surface area contributed by atoms with Crippen LogP contribution in [0.4, 0.5) is 0 Å². The number of halogens is 2. The summed E-state index contributed by atoms with van der Waals surface area (Å²) in [5.41, 5.74) is 2.81. The van der Waals surface area contributed by atoms with Gasteiger partial charge in [0.05, 0.1) is 17.6 Å². The van der Waals surface area contributed by atoms with Crippen LogP contribution in [0, 0.1) is 0 Å². The van der Waals surface area contributed by atoms with Crippen LogP contribution in [-0.4, -0.2) is 9.55 Å². The van der Waals surface area contributed by atoms with Crippen molar-refractivity contribution in [2.45, 2.75) is 19.6 Å². The number of ether oxygens (including phenoxy) is 1. The third kappa shape index (κ3) is 3.66. The molecule has 1 unspecified atom stereocenters. The summed E-state index contributed by atoms with van der Waals surface area (Å²) < 4.78 is 8.24. The summed E-state index contributed by atoms with van der Waals surface area (Å²) in [5.74, 6) is 1.63. The standard InChI is InChI=1S/C22H18Cl2N2O/c1-15(27-16-8-3-2-4-9-16)22-25-20-12-5-6-13-21(20)26(22)14-17-18(23)10-7-11-19(17)24/h2-13,15H,14H2,1H3. The molecular weight excluding hydrogens is 379 g/mol. The van der Waals surface area contributed by atoms with Gasteiger partial charge in [-0.3, -0.25) is 0 Å². The molecule has 1 heterocycles. The summed E-state index contributed by atoms with van der Waals surface area (Å²) in [5, 5.41) is 1.28. The first-order valence-electron chi connectivity index (χ1n) is 8.73. The Labute approximate surface area is 168 Å². The fourth-order valence-corrected chi connectivity index (χ4v) is 3.69. The molecule has 0 aliphatic carbocycles. The highest BCUT2D eigenvalue weighted by Gasteiger charge is 2.19. The zero-order valence-electron chi connectivity index (χ0n) is 14.8. The number of imidazole rings is 1. The molecule has 0 fully saturated rings. The van der Waals surface area contributed by atoms with Crippen LogP contribution < -0.4 is 4.74 Å². The molecule has 3 aromatic carbocycles. The van der Waals surface area contributed by atoms with Crippen molar-refractivity contribution in [3.8, 4) is 5.75 Å². The first-order chi connectivity index (χ1) is 13.1. The lowest BCUT2D eigenvalue weighted by Gasteiger charge is -2.17. The van der Waals surface area contributed by atoms with Crippen molar-refractivity contribution < 1.29 is 4.74 Å². The SMILES string of the molecule is CC(Oc1ccccc1)c1nc2ccccc2n1Cc1c(Cl)cccc1Cl. The normalized spacial score (nSPS) is 12.3. The summed E-state index contributed by atoms with van der Waals surface area (Å²) in [6, 6.07) is 23.3. The smallest absolute Gasteiger partial charge is 0.153 e. The van der Waals surface area contributed by atoms with Crippen molar-refractivity contribution in [2.24, 2.45) is 0 Å². The van der Waals surface area contributed by atoms with E-state index in [2.05, 4.69) is 4.57 Å². The van der Waals surface area contributed by atoms with E-state index in [0.717, 1.165) is 28.2 Å². The minimum atomic E-state index is -0.235. The Hall–Kier alpha value is -2.49. The first-order valence-corrected chi connectivity index (χ1v) is 9.49. The van der Waals surface area contributed by atoms with Crippen LogP contribution in [-0.2, 0) is 6.54 Å². The number of hydrogen-bond acceptors (Lipinski definition) is 2. The molecule has 0 saturated heterocycles. The monoisotopic (exact) mass is 396 g/mol. The van der Waals surface area contributed by atoms with Crippen LogP contribution >= 0.6 is 23.2 Å². The summed E-state index contributed by atoms with van der Waals surface area (Å²) in [7, 11) is 0. The molecule has 0 saturated carbocycles. The Balaban J connectivity index is 1.77. The molecule has 0 bridgehead atoms. The number of para-hydroxylation sites is 3. The third-order valence-electron chi connectivity index (χ3n) is 4.48. The number of fused-ring (bicyclic) bond motifs is 1. The van der Waals surface area contributed by atoms with E-state index in [1.807, 2.05) is 79.7 Å². The quantitative estimate of drug-likeness (QED) is 0.383. The van der Waals surface area contributed by atoms with Gasteiger partial charge in [0.1, 0.15) is 5.75 Å². The molecule has 0 N–H and O–H groups in total. The van der Waals surface area contributed by atoms with Gasteiger partial charge in [0.15, 0.2) is 11.9 Å². The number of nitrogens with zero attached hydrogens (tertiary/aromatic N) is 2. The fourth-order valence-electron chi connectivity index (χ4n) is 3.17. The van der Waals surface area contributed by atoms with Crippen molar-refractivity contribution in [3.05, 3.63) is 94.2 Å². The predicted molar refractivity (Wildman–Crippen MR) is 111 cm³/mol. The lowest BCUT2D eigenvalue weighted by molar-refractivity contribution is 0.212. The number of hydrogen-bond donors (Lipinski definition) is 0. The summed E-state index contributed by atoms with van der Waals surface area (Å²) in [6.45, 7) is 2.52. The van der Waals surface area contributed by atoms with E-state index in [4.69, 9.17) is 32.9 Å². The molecule has 0 spiro atoms. The maximum Gasteiger partial charge on any atom is 0.153 e. The first kappa shape index (κ1) is 17.9. The summed E-state index contributed by atoms with van der Waals surface area (Å²) in [6.07, 6.45) is -0.235. The van der Waals surface area contributed by atoms with Gasteiger partial charge < -0.3 is 9.30 Å². The van der Waals surface area contributed by atoms with Gasteiger partial charge in [-0.1, -0.05) is 59.6 Å². The lowest BCUT2D eigenvalue weighted by atomic mass is 10.2. The van der Waals surface area contributed by atoms with Crippen molar-refractivity contribution in [1.29, 1.82) is 0 Å². The van der Waals surface area contributed by atoms with E-state index in [-0.39, 0.29) is 6.10 Å². The Morgan fingerprint density at radius 1 is 0.889 bits per heavy atom. The second kappa shape index (κ2) is 7.63. The molecule has 27 heavy (non-hydrogen) atoms. The highest BCUT2D eigenvalue weighted by Crippen LogP contribution is 2.30. The molecule has 1 aromatic heterocycles. The van der Waals surface area contributed by atoms with E-state index < -0.39 is 0 Å². The van der Waals surface area contributed by atoms with Gasteiger partial charge in [-0.15, -0.1) is 0 Å². The largest absolute Gasteiger partial charge is 0.483 e. The van der Waals surface area contributed by atoms with Gasteiger partial charge in [-0.05, 0) is 43.3 Å². The topological polar surface area (TPSA) is 27.1 Å². The van der Waals surface area contributed by atoms with Crippen LogP contribution in [0.2, 0.25) is 10.0 Å². The van der Waals surface area contributed by atoms with Gasteiger partial charge >= 0.3 is 0 Å². The van der Waals surface area contributed by atoms with Crippen LogP contribution in [0.3, 0.4) is 0 Å². The van der Waals surface area contributed by atoms with Gasteiger partial charge in [-0.25, -0.2) is 4.98 Å². The van der Waals surface area contributed by atoms with Crippen molar-refractivity contribution >= 4 is 34.2 Å². The molecule has 0 aliphatic heterocycles. The van der Waals surface area contributed by atoms with Crippen LogP contribution in [0.25, 0.3) is 11.0 Å². The Morgan fingerprint density at radius 2 is 1.56 bits per heavy atom. The number of rotatable bonds is 5. The molecule has 1 atom stereocenters. The maximum absolute atomic E-state index is 6.41. The Kier molecular flexibility index (Phi) is 5.06. The highest BCUT2D eigenvalue weighted by molar-refractivity contribution is 6.36. The molecule has 4 aromatic rings. The Bertz CT molecular complexity index is 1060. The molecule has 0 amide bonds. The van der Waals surface area contributed by atoms with Crippen molar-refractivity contribution in [3.63, 3.8) is 0 Å². The number of benzene rings is 3. The Morgan fingerprint density at radius 3 is 2.30 bits per heavy atom. The molecule has 136 valence electrons. The van der Waals surface area contributed by atoms with Gasteiger partial charge in [0.25, 0.3) is 0 Å². The van der Waals surface area contributed by atoms with E-state index in [0.29, 0.717) is 16.6 Å².